The zero-order chi connectivity index (χ0) is 14.2. The topological polar surface area (TPSA) is 26.5 Å². The second-order valence-corrected chi connectivity index (χ2v) is 4.91. The quantitative estimate of drug-likeness (QED) is 0.548. The highest BCUT2D eigenvalue weighted by molar-refractivity contribution is 5.89. The van der Waals surface area contributed by atoms with Crippen LogP contribution in [0.5, 0.6) is 5.75 Å². The van der Waals surface area contributed by atoms with Crippen molar-refractivity contribution >= 4 is 16.6 Å². The Hall–Kier alpha value is -2.81. The molecule has 4 aromatic rings. The maximum Gasteiger partial charge on any atom is 0.128 e. The Balaban J connectivity index is 2.14. The predicted molar refractivity (Wildman–Crippen MR) is 84.7 cm³/mol. The van der Waals surface area contributed by atoms with Gasteiger partial charge in [0.25, 0.3) is 0 Å². The SMILES string of the molecule is COc1ccccc1-c1nc2ccccc2n2cccc12. The van der Waals surface area contributed by atoms with E-state index in [1.54, 1.807) is 7.11 Å². The first-order valence-electron chi connectivity index (χ1n) is 6.88. The van der Waals surface area contributed by atoms with Crippen LogP contribution in [-0.4, -0.2) is 16.5 Å². The van der Waals surface area contributed by atoms with Crippen LogP contribution in [0, 0.1) is 0 Å². The fourth-order valence-corrected chi connectivity index (χ4v) is 2.76. The molecule has 0 bridgehead atoms. The number of aromatic nitrogens is 2. The van der Waals surface area contributed by atoms with E-state index in [4.69, 9.17) is 9.72 Å². The van der Waals surface area contributed by atoms with Gasteiger partial charge >= 0.3 is 0 Å². The van der Waals surface area contributed by atoms with Gasteiger partial charge in [0.1, 0.15) is 5.75 Å². The molecule has 0 N–H and O–H groups in total. The molecule has 3 nitrogen and oxygen atoms in total. The Morgan fingerprint density at radius 2 is 1.62 bits per heavy atom. The number of methoxy groups -OCH3 is 1. The maximum absolute atomic E-state index is 5.49. The van der Waals surface area contributed by atoms with Gasteiger partial charge in [-0.2, -0.15) is 0 Å². The zero-order valence-electron chi connectivity index (χ0n) is 11.7. The van der Waals surface area contributed by atoms with Gasteiger partial charge in [-0.25, -0.2) is 4.98 Å². The first-order chi connectivity index (χ1) is 10.4. The summed E-state index contributed by atoms with van der Waals surface area (Å²) in [5, 5.41) is 0. The molecule has 0 aliphatic heterocycles. The molecular weight excluding hydrogens is 260 g/mol. The molecule has 0 amide bonds. The Morgan fingerprint density at radius 1 is 0.857 bits per heavy atom. The first kappa shape index (κ1) is 12.0. The minimum absolute atomic E-state index is 0.836. The van der Waals surface area contributed by atoms with Crippen LogP contribution in [0.15, 0.2) is 66.9 Å². The molecule has 2 aromatic heterocycles. The van der Waals surface area contributed by atoms with Crippen LogP contribution in [0.1, 0.15) is 0 Å². The molecule has 0 unspecified atom stereocenters. The predicted octanol–water partition coefficient (Wildman–Crippen LogP) is 4.16. The average molecular weight is 274 g/mol. The molecule has 0 spiro atoms. The van der Waals surface area contributed by atoms with Gasteiger partial charge in [0, 0.05) is 11.8 Å². The first-order valence-corrected chi connectivity index (χ1v) is 6.88. The van der Waals surface area contributed by atoms with Crippen molar-refractivity contribution in [1.82, 2.24) is 9.38 Å². The van der Waals surface area contributed by atoms with E-state index >= 15 is 0 Å². The summed E-state index contributed by atoms with van der Waals surface area (Å²) in [4.78, 5) is 4.85. The van der Waals surface area contributed by atoms with E-state index in [1.165, 1.54) is 0 Å². The monoisotopic (exact) mass is 274 g/mol. The van der Waals surface area contributed by atoms with Crippen LogP contribution < -0.4 is 4.74 Å². The maximum atomic E-state index is 5.49. The molecule has 0 aliphatic rings. The summed E-state index contributed by atoms with van der Waals surface area (Å²) in [7, 11) is 1.69. The molecule has 0 aliphatic carbocycles. The summed E-state index contributed by atoms with van der Waals surface area (Å²) in [6, 6.07) is 20.3. The lowest BCUT2D eigenvalue weighted by Crippen LogP contribution is -1.96. The second-order valence-electron chi connectivity index (χ2n) is 4.91. The number of hydrogen-bond donors (Lipinski definition) is 0. The fraction of sp³-hybridized carbons (Fsp3) is 0.0556. The van der Waals surface area contributed by atoms with E-state index in [9.17, 15) is 0 Å². The minimum Gasteiger partial charge on any atom is -0.496 e. The summed E-state index contributed by atoms with van der Waals surface area (Å²) < 4.78 is 7.66. The lowest BCUT2D eigenvalue weighted by molar-refractivity contribution is 0.416. The van der Waals surface area contributed by atoms with E-state index < -0.39 is 0 Å². The molecule has 0 saturated carbocycles. The van der Waals surface area contributed by atoms with Crippen LogP contribution in [0.2, 0.25) is 0 Å². The Labute approximate surface area is 122 Å². The molecule has 3 heteroatoms. The number of benzene rings is 2. The third kappa shape index (κ3) is 1.78. The molecule has 0 radical (unpaired) electrons. The molecular formula is C18H14N2O. The zero-order valence-corrected chi connectivity index (χ0v) is 11.7. The van der Waals surface area contributed by atoms with Crippen molar-refractivity contribution < 1.29 is 4.74 Å². The van der Waals surface area contributed by atoms with Crippen molar-refractivity contribution in [3.63, 3.8) is 0 Å². The lowest BCUT2D eigenvalue weighted by atomic mass is 10.1. The van der Waals surface area contributed by atoms with Crippen LogP contribution in [0.25, 0.3) is 27.8 Å². The largest absolute Gasteiger partial charge is 0.496 e. The van der Waals surface area contributed by atoms with Gasteiger partial charge in [0.05, 0.1) is 29.4 Å². The minimum atomic E-state index is 0.836. The van der Waals surface area contributed by atoms with Crippen molar-refractivity contribution in [3.05, 3.63) is 66.9 Å². The summed E-state index contributed by atoms with van der Waals surface area (Å²) in [6.07, 6.45) is 2.07. The summed E-state index contributed by atoms with van der Waals surface area (Å²) in [5.41, 5.74) is 5.11. The van der Waals surface area contributed by atoms with E-state index in [0.717, 1.165) is 33.6 Å². The van der Waals surface area contributed by atoms with E-state index in [0.29, 0.717) is 0 Å². The highest BCUT2D eigenvalue weighted by atomic mass is 16.5. The van der Waals surface area contributed by atoms with Gasteiger partial charge in [0.15, 0.2) is 0 Å². The second kappa shape index (κ2) is 4.63. The van der Waals surface area contributed by atoms with Crippen molar-refractivity contribution in [1.29, 1.82) is 0 Å². The van der Waals surface area contributed by atoms with Gasteiger partial charge in [-0.1, -0.05) is 24.3 Å². The molecule has 2 aromatic carbocycles. The summed E-state index contributed by atoms with van der Waals surface area (Å²) >= 11 is 0. The van der Waals surface area contributed by atoms with Gasteiger partial charge in [-0.15, -0.1) is 0 Å². The summed E-state index contributed by atoms with van der Waals surface area (Å²) in [6.45, 7) is 0. The molecule has 0 fully saturated rings. The van der Waals surface area contributed by atoms with Crippen LogP contribution in [0.3, 0.4) is 0 Å². The Kier molecular flexibility index (Phi) is 2.64. The third-order valence-electron chi connectivity index (χ3n) is 3.73. The summed E-state index contributed by atoms with van der Waals surface area (Å²) in [5.74, 6) is 0.836. The van der Waals surface area contributed by atoms with Gasteiger partial charge in [0.2, 0.25) is 0 Å². The van der Waals surface area contributed by atoms with Crippen LogP contribution >= 0.6 is 0 Å². The van der Waals surface area contributed by atoms with Crippen LogP contribution in [-0.2, 0) is 0 Å². The fourth-order valence-electron chi connectivity index (χ4n) is 2.76. The number of nitrogens with zero attached hydrogens (tertiary/aromatic N) is 2. The van der Waals surface area contributed by atoms with E-state index in [-0.39, 0.29) is 0 Å². The van der Waals surface area contributed by atoms with Crippen molar-refractivity contribution in [2.24, 2.45) is 0 Å². The molecule has 21 heavy (non-hydrogen) atoms. The highest BCUT2D eigenvalue weighted by Crippen LogP contribution is 2.33. The molecule has 102 valence electrons. The molecule has 2 heterocycles. The van der Waals surface area contributed by atoms with E-state index in [2.05, 4.69) is 22.7 Å². The standard InChI is InChI=1S/C18H14N2O/c1-21-17-11-5-2-7-13(17)18-16-10-6-12-20(16)15-9-4-3-8-14(15)19-18/h2-12H,1H3. The number of fused-ring (bicyclic) bond motifs is 3. The normalized spacial score (nSPS) is 11.1. The molecule has 0 saturated heterocycles. The van der Waals surface area contributed by atoms with Gasteiger partial charge in [-0.3, -0.25) is 0 Å². The van der Waals surface area contributed by atoms with Crippen molar-refractivity contribution in [3.8, 4) is 17.0 Å². The van der Waals surface area contributed by atoms with Crippen molar-refractivity contribution in [2.45, 2.75) is 0 Å². The molecule has 0 atom stereocenters. The highest BCUT2D eigenvalue weighted by Gasteiger charge is 2.13. The number of hydrogen-bond acceptors (Lipinski definition) is 2. The number of para-hydroxylation sites is 3. The Bertz CT molecular complexity index is 940. The van der Waals surface area contributed by atoms with Gasteiger partial charge in [-0.05, 0) is 36.4 Å². The Morgan fingerprint density at radius 3 is 2.52 bits per heavy atom. The lowest BCUT2D eigenvalue weighted by Gasteiger charge is -2.11. The van der Waals surface area contributed by atoms with E-state index in [1.807, 2.05) is 48.5 Å². The smallest absolute Gasteiger partial charge is 0.128 e. The average Bonchev–Trinajstić information content (AvgIpc) is 3.04. The van der Waals surface area contributed by atoms with Crippen molar-refractivity contribution in [2.75, 3.05) is 7.11 Å². The molecule has 4 rings (SSSR count). The third-order valence-corrected chi connectivity index (χ3v) is 3.73. The van der Waals surface area contributed by atoms with Crippen LogP contribution in [0.4, 0.5) is 0 Å². The van der Waals surface area contributed by atoms with Gasteiger partial charge < -0.3 is 9.14 Å². The number of ether oxygens (including phenoxy) is 1. The number of rotatable bonds is 2.